The molecule has 0 aliphatic rings. The van der Waals surface area contributed by atoms with Crippen molar-refractivity contribution in [2.45, 2.75) is 45.3 Å². The average molecular weight is 276 g/mol. The molecule has 1 unspecified atom stereocenters. The molecule has 0 aliphatic heterocycles. The van der Waals surface area contributed by atoms with Crippen LogP contribution in [-0.2, 0) is 6.42 Å². The Morgan fingerprint density at radius 1 is 1.37 bits per heavy atom. The zero-order chi connectivity index (χ0) is 14.5. The Bertz CT molecular complexity index is 407. The van der Waals surface area contributed by atoms with Gasteiger partial charge in [0.2, 0.25) is 0 Å². The molecule has 6 heteroatoms. The first kappa shape index (κ1) is 15.8. The molecule has 1 atom stereocenters. The molecule has 1 aromatic rings. The van der Waals surface area contributed by atoms with Gasteiger partial charge in [-0.15, -0.1) is 0 Å². The normalized spacial score (nSPS) is 13.4. The lowest BCUT2D eigenvalue weighted by molar-refractivity contribution is -0.139. The molecule has 0 aliphatic carbocycles. The summed E-state index contributed by atoms with van der Waals surface area (Å²) in [6.45, 7) is 3.37. The van der Waals surface area contributed by atoms with Crippen molar-refractivity contribution in [2.75, 3.05) is 6.61 Å². The number of ether oxygens (including phenoxy) is 1. The van der Waals surface area contributed by atoms with Crippen LogP contribution in [0.2, 0.25) is 0 Å². The van der Waals surface area contributed by atoms with Gasteiger partial charge < -0.3 is 10.5 Å². The Morgan fingerprint density at radius 2 is 2.05 bits per heavy atom. The maximum absolute atomic E-state index is 12.1. The number of hydrogen-bond acceptors (Lipinski definition) is 3. The highest BCUT2D eigenvalue weighted by atomic mass is 19.4. The minimum atomic E-state index is -4.21. The second-order valence-corrected chi connectivity index (χ2v) is 4.48. The van der Waals surface area contributed by atoms with E-state index in [0.717, 1.165) is 12.1 Å². The Labute approximate surface area is 111 Å². The average Bonchev–Trinajstić information content (AvgIpc) is 2.30. The highest BCUT2D eigenvalue weighted by Crippen LogP contribution is 2.22. The molecule has 0 fully saturated rings. The van der Waals surface area contributed by atoms with Crippen molar-refractivity contribution in [1.82, 2.24) is 4.98 Å². The van der Waals surface area contributed by atoms with Crippen molar-refractivity contribution in [2.24, 2.45) is 5.73 Å². The standard InChI is InChI=1S/C13H19F3N2O/c1-3-10(17)8-11-12(5-4-9(2)18-11)19-7-6-13(14,15)16/h4-5,10H,3,6-8,17H2,1-2H3. The smallest absolute Gasteiger partial charge is 0.392 e. The summed E-state index contributed by atoms with van der Waals surface area (Å²) in [7, 11) is 0. The van der Waals surface area contributed by atoms with E-state index in [2.05, 4.69) is 4.98 Å². The fraction of sp³-hybridized carbons (Fsp3) is 0.615. The van der Waals surface area contributed by atoms with E-state index < -0.39 is 19.2 Å². The number of rotatable bonds is 6. The van der Waals surface area contributed by atoms with Gasteiger partial charge >= 0.3 is 6.18 Å². The molecule has 1 rings (SSSR count). The van der Waals surface area contributed by atoms with E-state index >= 15 is 0 Å². The summed E-state index contributed by atoms with van der Waals surface area (Å²) in [6, 6.07) is 3.29. The van der Waals surface area contributed by atoms with E-state index in [1.165, 1.54) is 0 Å². The first-order chi connectivity index (χ1) is 8.81. The summed E-state index contributed by atoms with van der Waals surface area (Å²) >= 11 is 0. The molecule has 0 amide bonds. The number of aromatic nitrogens is 1. The van der Waals surface area contributed by atoms with Gasteiger partial charge in [-0.05, 0) is 25.5 Å². The molecule has 3 nitrogen and oxygen atoms in total. The van der Waals surface area contributed by atoms with Crippen LogP contribution in [0.5, 0.6) is 5.75 Å². The number of aryl methyl sites for hydroxylation is 1. The van der Waals surface area contributed by atoms with E-state index in [0.29, 0.717) is 17.9 Å². The van der Waals surface area contributed by atoms with Gasteiger partial charge in [0, 0.05) is 18.2 Å². The first-order valence-corrected chi connectivity index (χ1v) is 6.23. The predicted molar refractivity (Wildman–Crippen MR) is 67.1 cm³/mol. The molecule has 0 bridgehead atoms. The SMILES string of the molecule is CCC(N)Cc1nc(C)ccc1OCCC(F)(F)F. The topological polar surface area (TPSA) is 48.1 Å². The number of nitrogens with zero attached hydrogens (tertiary/aromatic N) is 1. The molecule has 19 heavy (non-hydrogen) atoms. The predicted octanol–water partition coefficient (Wildman–Crippen LogP) is 3.00. The Balaban J connectivity index is 2.70. The van der Waals surface area contributed by atoms with Gasteiger partial charge in [-0.25, -0.2) is 0 Å². The molecule has 2 N–H and O–H groups in total. The van der Waals surface area contributed by atoms with Crippen LogP contribution in [0.1, 0.15) is 31.2 Å². The largest absolute Gasteiger partial charge is 0.491 e. The van der Waals surface area contributed by atoms with Crippen LogP contribution in [0.15, 0.2) is 12.1 Å². The van der Waals surface area contributed by atoms with Gasteiger partial charge in [0.1, 0.15) is 5.75 Å². The molecular weight excluding hydrogens is 257 g/mol. The maximum atomic E-state index is 12.1. The van der Waals surface area contributed by atoms with E-state index in [4.69, 9.17) is 10.5 Å². The lowest BCUT2D eigenvalue weighted by Crippen LogP contribution is -2.23. The van der Waals surface area contributed by atoms with Crippen LogP contribution in [0.25, 0.3) is 0 Å². The fourth-order valence-electron chi connectivity index (χ4n) is 1.54. The fourth-order valence-corrected chi connectivity index (χ4v) is 1.54. The molecule has 0 aromatic carbocycles. The monoisotopic (exact) mass is 276 g/mol. The van der Waals surface area contributed by atoms with Crippen LogP contribution in [0, 0.1) is 6.92 Å². The van der Waals surface area contributed by atoms with E-state index in [9.17, 15) is 13.2 Å². The van der Waals surface area contributed by atoms with E-state index in [1.54, 1.807) is 12.1 Å². The zero-order valence-electron chi connectivity index (χ0n) is 11.1. The second kappa shape index (κ2) is 6.75. The number of pyridine rings is 1. The lowest BCUT2D eigenvalue weighted by Gasteiger charge is -2.14. The van der Waals surface area contributed by atoms with Crippen molar-refractivity contribution >= 4 is 0 Å². The molecule has 1 heterocycles. The zero-order valence-corrected chi connectivity index (χ0v) is 11.1. The Hall–Kier alpha value is -1.30. The molecule has 0 radical (unpaired) electrons. The highest BCUT2D eigenvalue weighted by molar-refractivity contribution is 5.30. The molecule has 0 saturated carbocycles. The van der Waals surface area contributed by atoms with Crippen LogP contribution in [0.3, 0.4) is 0 Å². The summed E-state index contributed by atoms with van der Waals surface area (Å²) < 4.78 is 41.4. The van der Waals surface area contributed by atoms with Gasteiger partial charge in [0.25, 0.3) is 0 Å². The van der Waals surface area contributed by atoms with Gasteiger partial charge in [-0.1, -0.05) is 6.92 Å². The minimum absolute atomic E-state index is 0.0701. The van der Waals surface area contributed by atoms with Gasteiger partial charge in [-0.2, -0.15) is 13.2 Å². The van der Waals surface area contributed by atoms with Gasteiger partial charge in [0.15, 0.2) is 0 Å². The van der Waals surface area contributed by atoms with Crippen molar-refractivity contribution in [3.05, 3.63) is 23.5 Å². The van der Waals surface area contributed by atoms with Crippen LogP contribution in [-0.4, -0.2) is 23.8 Å². The van der Waals surface area contributed by atoms with Gasteiger partial charge in [0.05, 0.1) is 18.7 Å². The minimum Gasteiger partial charge on any atom is -0.491 e. The van der Waals surface area contributed by atoms with Crippen molar-refractivity contribution in [3.8, 4) is 5.75 Å². The molecule has 0 saturated heterocycles. The second-order valence-electron chi connectivity index (χ2n) is 4.48. The third kappa shape index (κ3) is 5.92. The summed E-state index contributed by atoms with van der Waals surface area (Å²) in [5.74, 6) is 0.388. The number of nitrogens with two attached hydrogens (primary N) is 1. The van der Waals surface area contributed by atoms with E-state index in [1.807, 2.05) is 13.8 Å². The molecule has 108 valence electrons. The van der Waals surface area contributed by atoms with Crippen molar-refractivity contribution < 1.29 is 17.9 Å². The van der Waals surface area contributed by atoms with E-state index in [-0.39, 0.29) is 6.04 Å². The summed E-state index contributed by atoms with van der Waals surface area (Å²) in [5.41, 5.74) is 7.26. The first-order valence-electron chi connectivity index (χ1n) is 6.23. The summed E-state index contributed by atoms with van der Waals surface area (Å²) in [5, 5.41) is 0. The molecular formula is C13H19F3N2O. The number of alkyl halides is 3. The number of hydrogen-bond donors (Lipinski definition) is 1. The number of halogens is 3. The maximum Gasteiger partial charge on any atom is 0.392 e. The Kier molecular flexibility index (Phi) is 5.60. The third-order valence-electron chi connectivity index (χ3n) is 2.69. The highest BCUT2D eigenvalue weighted by Gasteiger charge is 2.27. The summed E-state index contributed by atoms with van der Waals surface area (Å²) in [6.07, 6.45) is -3.91. The quantitative estimate of drug-likeness (QED) is 0.869. The lowest BCUT2D eigenvalue weighted by atomic mass is 10.1. The molecule has 0 spiro atoms. The van der Waals surface area contributed by atoms with Crippen LogP contribution in [0.4, 0.5) is 13.2 Å². The van der Waals surface area contributed by atoms with Crippen molar-refractivity contribution in [1.29, 1.82) is 0 Å². The van der Waals surface area contributed by atoms with Crippen molar-refractivity contribution in [3.63, 3.8) is 0 Å². The molecule has 1 aromatic heterocycles. The van der Waals surface area contributed by atoms with Gasteiger partial charge in [-0.3, -0.25) is 4.98 Å². The van der Waals surface area contributed by atoms with Crippen LogP contribution >= 0.6 is 0 Å². The summed E-state index contributed by atoms with van der Waals surface area (Å²) in [4.78, 5) is 4.29. The van der Waals surface area contributed by atoms with Crippen LogP contribution < -0.4 is 10.5 Å². The third-order valence-corrected chi connectivity index (χ3v) is 2.69. The Morgan fingerprint density at radius 3 is 2.63 bits per heavy atom.